The standard InChI is InChI=1S/C14H18BrClN2O3/c1-14(2,4-3-5-15)9-17-13(19)10-6-11(16)8-12(7-10)18(20)21/h6-8H,3-5,9H2,1-2H3,(H,17,19). The Morgan fingerprint density at radius 2 is 2.10 bits per heavy atom. The molecule has 1 aromatic rings. The molecule has 0 bridgehead atoms. The lowest BCUT2D eigenvalue weighted by molar-refractivity contribution is -0.384. The molecule has 21 heavy (non-hydrogen) atoms. The summed E-state index contributed by atoms with van der Waals surface area (Å²) >= 11 is 9.19. The number of nitrogens with one attached hydrogen (secondary N) is 1. The van der Waals surface area contributed by atoms with Crippen molar-refractivity contribution in [3.63, 3.8) is 0 Å². The molecule has 1 amide bonds. The molecule has 0 heterocycles. The van der Waals surface area contributed by atoms with Gasteiger partial charge in [0.15, 0.2) is 0 Å². The van der Waals surface area contributed by atoms with Gasteiger partial charge >= 0.3 is 0 Å². The summed E-state index contributed by atoms with van der Waals surface area (Å²) in [5, 5.41) is 14.7. The monoisotopic (exact) mass is 376 g/mol. The highest BCUT2D eigenvalue weighted by atomic mass is 79.9. The molecule has 1 rings (SSSR count). The fourth-order valence-corrected chi connectivity index (χ4v) is 2.38. The van der Waals surface area contributed by atoms with E-state index >= 15 is 0 Å². The molecule has 0 radical (unpaired) electrons. The largest absolute Gasteiger partial charge is 0.351 e. The predicted molar refractivity (Wildman–Crippen MR) is 87.2 cm³/mol. The normalized spacial score (nSPS) is 11.2. The molecule has 0 fully saturated rings. The molecular weight excluding hydrogens is 360 g/mol. The van der Waals surface area contributed by atoms with Crippen LogP contribution >= 0.6 is 27.5 Å². The molecule has 0 aliphatic carbocycles. The van der Waals surface area contributed by atoms with Gasteiger partial charge in [-0.15, -0.1) is 0 Å². The van der Waals surface area contributed by atoms with E-state index in [9.17, 15) is 14.9 Å². The van der Waals surface area contributed by atoms with Gasteiger partial charge in [-0.3, -0.25) is 14.9 Å². The number of hydrogen-bond donors (Lipinski definition) is 1. The van der Waals surface area contributed by atoms with Crippen LogP contribution in [0.1, 0.15) is 37.0 Å². The van der Waals surface area contributed by atoms with E-state index in [1.807, 2.05) is 0 Å². The van der Waals surface area contributed by atoms with Gasteiger partial charge in [0.25, 0.3) is 11.6 Å². The van der Waals surface area contributed by atoms with Crippen molar-refractivity contribution in [1.82, 2.24) is 5.32 Å². The minimum atomic E-state index is -0.567. The maximum absolute atomic E-state index is 12.1. The van der Waals surface area contributed by atoms with Crippen LogP contribution in [0.3, 0.4) is 0 Å². The molecule has 5 nitrogen and oxygen atoms in total. The second kappa shape index (κ2) is 7.75. The van der Waals surface area contributed by atoms with Crippen molar-refractivity contribution in [2.45, 2.75) is 26.7 Å². The average Bonchev–Trinajstić information content (AvgIpc) is 2.42. The lowest BCUT2D eigenvalue weighted by Gasteiger charge is -2.24. The number of carbonyl (C=O) groups is 1. The predicted octanol–water partition coefficient (Wildman–Crippen LogP) is 4.18. The lowest BCUT2D eigenvalue weighted by atomic mass is 9.88. The van der Waals surface area contributed by atoms with Crippen LogP contribution in [0.5, 0.6) is 0 Å². The highest BCUT2D eigenvalue weighted by molar-refractivity contribution is 9.09. The molecule has 0 saturated heterocycles. The fourth-order valence-electron chi connectivity index (χ4n) is 1.87. The SMILES string of the molecule is CC(C)(CCCBr)CNC(=O)c1cc(Cl)cc([N+](=O)[O-])c1. The first-order valence-corrected chi connectivity index (χ1v) is 8.04. The first kappa shape index (κ1) is 17.9. The smallest absolute Gasteiger partial charge is 0.271 e. The van der Waals surface area contributed by atoms with Gasteiger partial charge in [-0.1, -0.05) is 41.4 Å². The van der Waals surface area contributed by atoms with Gasteiger partial charge in [0.1, 0.15) is 0 Å². The molecule has 1 N–H and O–H groups in total. The van der Waals surface area contributed by atoms with Crippen LogP contribution in [0.25, 0.3) is 0 Å². The molecule has 0 spiro atoms. The molecule has 0 atom stereocenters. The number of hydrogen-bond acceptors (Lipinski definition) is 3. The van der Waals surface area contributed by atoms with E-state index < -0.39 is 4.92 Å². The third-order valence-corrected chi connectivity index (χ3v) is 3.85. The minimum absolute atomic E-state index is 0.0338. The van der Waals surface area contributed by atoms with E-state index in [0.717, 1.165) is 18.2 Å². The van der Waals surface area contributed by atoms with Crippen LogP contribution in [0.4, 0.5) is 5.69 Å². The lowest BCUT2D eigenvalue weighted by Crippen LogP contribution is -2.34. The summed E-state index contributed by atoms with van der Waals surface area (Å²) in [6.45, 7) is 4.63. The first-order valence-electron chi connectivity index (χ1n) is 6.54. The average molecular weight is 378 g/mol. The van der Waals surface area contributed by atoms with Crippen molar-refractivity contribution in [2.24, 2.45) is 5.41 Å². The Morgan fingerprint density at radius 1 is 1.43 bits per heavy atom. The van der Waals surface area contributed by atoms with Gasteiger partial charge in [0.2, 0.25) is 0 Å². The van der Waals surface area contributed by atoms with Crippen molar-refractivity contribution < 1.29 is 9.72 Å². The van der Waals surface area contributed by atoms with Crippen molar-refractivity contribution in [3.8, 4) is 0 Å². The summed E-state index contributed by atoms with van der Waals surface area (Å²) in [5.41, 5.74) is -0.0230. The zero-order valence-corrected chi connectivity index (χ0v) is 14.3. The summed E-state index contributed by atoms with van der Waals surface area (Å²) in [4.78, 5) is 22.3. The molecule has 116 valence electrons. The second-order valence-electron chi connectivity index (χ2n) is 5.59. The maximum Gasteiger partial charge on any atom is 0.271 e. The van der Waals surface area contributed by atoms with E-state index in [1.165, 1.54) is 18.2 Å². The number of rotatable bonds is 7. The van der Waals surface area contributed by atoms with Crippen molar-refractivity contribution >= 4 is 39.1 Å². The number of non-ortho nitro benzene ring substituents is 1. The summed E-state index contributed by atoms with van der Waals surface area (Å²) in [6, 6.07) is 3.88. The Morgan fingerprint density at radius 3 is 2.67 bits per heavy atom. The Hall–Kier alpha value is -1.14. The molecule has 0 unspecified atom stereocenters. The maximum atomic E-state index is 12.1. The summed E-state index contributed by atoms with van der Waals surface area (Å²) in [6.07, 6.45) is 1.99. The number of carbonyl (C=O) groups excluding carboxylic acids is 1. The van der Waals surface area contributed by atoms with Crippen LogP contribution in [-0.2, 0) is 0 Å². The number of amides is 1. The van der Waals surface area contributed by atoms with Crippen molar-refractivity contribution in [3.05, 3.63) is 38.9 Å². The van der Waals surface area contributed by atoms with Gasteiger partial charge in [0, 0.05) is 34.6 Å². The second-order valence-corrected chi connectivity index (χ2v) is 6.82. The topological polar surface area (TPSA) is 72.2 Å². The van der Waals surface area contributed by atoms with E-state index in [0.29, 0.717) is 6.54 Å². The van der Waals surface area contributed by atoms with E-state index in [-0.39, 0.29) is 27.6 Å². The fraction of sp³-hybridized carbons (Fsp3) is 0.500. The van der Waals surface area contributed by atoms with Gasteiger partial charge in [0.05, 0.1) is 4.92 Å². The van der Waals surface area contributed by atoms with Crippen molar-refractivity contribution in [2.75, 3.05) is 11.9 Å². The number of alkyl halides is 1. The number of nitro groups is 1. The number of nitrogens with zero attached hydrogens (tertiary/aromatic N) is 1. The third-order valence-electron chi connectivity index (χ3n) is 3.07. The van der Waals surface area contributed by atoms with Crippen LogP contribution < -0.4 is 5.32 Å². The molecule has 7 heteroatoms. The first-order chi connectivity index (χ1) is 9.75. The summed E-state index contributed by atoms with van der Waals surface area (Å²) in [7, 11) is 0. The Balaban J connectivity index is 2.74. The zero-order chi connectivity index (χ0) is 16.0. The summed E-state index contributed by atoms with van der Waals surface area (Å²) < 4.78 is 0. The highest BCUT2D eigenvalue weighted by Gasteiger charge is 2.20. The van der Waals surface area contributed by atoms with Crippen LogP contribution in [0.2, 0.25) is 5.02 Å². The molecule has 1 aromatic carbocycles. The van der Waals surface area contributed by atoms with Gasteiger partial charge in [-0.05, 0) is 24.3 Å². The van der Waals surface area contributed by atoms with Gasteiger partial charge in [-0.25, -0.2) is 0 Å². The minimum Gasteiger partial charge on any atom is -0.351 e. The Kier molecular flexibility index (Phi) is 6.61. The zero-order valence-electron chi connectivity index (χ0n) is 12.0. The molecular formula is C14H18BrClN2O3. The van der Waals surface area contributed by atoms with Gasteiger partial charge < -0.3 is 5.32 Å². The molecule has 0 aliphatic heterocycles. The Bertz CT molecular complexity index is 535. The van der Waals surface area contributed by atoms with Crippen molar-refractivity contribution in [1.29, 1.82) is 0 Å². The van der Waals surface area contributed by atoms with Crippen LogP contribution in [0.15, 0.2) is 18.2 Å². The third kappa shape index (κ3) is 6.01. The van der Waals surface area contributed by atoms with E-state index in [4.69, 9.17) is 11.6 Å². The Labute approximate surface area is 137 Å². The molecule has 0 aliphatic rings. The van der Waals surface area contributed by atoms with Gasteiger partial charge in [-0.2, -0.15) is 0 Å². The molecule has 0 saturated carbocycles. The molecule has 0 aromatic heterocycles. The number of nitro benzene ring substituents is 1. The van der Waals surface area contributed by atoms with Crippen LogP contribution in [0, 0.1) is 15.5 Å². The van der Waals surface area contributed by atoms with E-state index in [2.05, 4.69) is 35.1 Å². The van der Waals surface area contributed by atoms with E-state index in [1.54, 1.807) is 0 Å². The summed E-state index contributed by atoms with van der Waals surface area (Å²) in [5.74, 6) is -0.354. The number of benzene rings is 1. The van der Waals surface area contributed by atoms with Crippen LogP contribution in [-0.4, -0.2) is 22.7 Å². The highest BCUT2D eigenvalue weighted by Crippen LogP contribution is 2.23. The number of halogens is 2. The quantitative estimate of drug-likeness (QED) is 0.440.